The monoisotopic (exact) mass is 264 g/mol. The van der Waals surface area contributed by atoms with Crippen molar-refractivity contribution in [3.63, 3.8) is 0 Å². The summed E-state index contributed by atoms with van der Waals surface area (Å²) in [5, 5.41) is 0. The first kappa shape index (κ1) is 10.1. The molecule has 0 spiro atoms. The SMILES string of the molecule is Cc1nccn1C(=O)c1cccc(Br)c1. The Labute approximate surface area is 95.9 Å². The molecule has 4 heteroatoms. The van der Waals surface area contributed by atoms with Gasteiger partial charge in [0.1, 0.15) is 5.82 Å². The van der Waals surface area contributed by atoms with Crippen LogP contribution in [-0.4, -0.2) is 15.5 Å². The predicted octanol–water partition coefficient (Wildman–Crippen LogP) is 2.64. The van der Waals surface area contributed by atoms with Crippen LogP contribution in [0.4, 0.5) is 0 Å². The maximum atomic E-state index is 12.0. The molecule has 0 saturated heterocycles. The molecule has 15 heavy (non-hydrogen) atoms. The van der Waals surface area contributed by atoms with E-state index in [4.69, 9.17) is 0 Å². The van der Waals surface area contributed by atoms with E-state index in [1.54, 1.807) is 31.5 Å². The Morgan fingerprint density at radius 2 is 2.27 bits per heavy atom. The van der Waals surface area contributed by atoms with Crippen molar-refractivity contribution in [3.8, 4) is 0 Å². The lowest BCUT2D eigenvalue weighted by Crippen LogP contribution is -2.12. The third kappa shape index (κ3) is 1.99. The van der Waals surface area contributed by atoms with E-state index in [0.29, 0.717) is 11.4 Å². The number of imidazole rings is 1. The molecule has 2 aromatic rings. The lowest BCUT2D eigenvalue weighted by atomic mass is 10.2. The second-order valence-electron chi connectivity index (χ2n) is 3.16. The van der Waals surface area contributed by atoms with Gasteiger partial charge in [-0.25, -0.2) is 4.98 Å². The summed E-state index contributed by atoms with van der Waals surface area (Å²) in [6.07, 6.45) is 3.28. The third-order valence-electron chi connectivity index (χ3n) is 2.12. The molecule has 0 bridgehead atoms. The molecular formula is C11H9BrN2O. The minimum atomic E-state index is -0.0636. The fourth-order valence-electron chi connectivity index (χ4n) is 1.35. The summed E-state index contributed by atoms with van der Waals surface area (Å²) in [4.78, 5) is 16.0. The number of carbonyl (C=O) groups is 1. The number of aryl methyl sites for hydroxylation is 1. The molecule has 0 fully saturated rings. The zero-order chi connectivity index (χ0) is 10.8. The zero-order valence-corrected chi connectivity index (χ0v) is 9.73. The van der Waals surface area contributed by atoms with Crippen LogP contribution in [0.15, 0.2) is 41.1 Å². The van der Waals surface area contributed by atoms with Gasteiger partial charge in [-0.15, -0.1) is 0 Å². The molecule has 1 aromatic heterocycles. The van der Waals surface area contributed by atoms with E-state index in [-0.39, 0.29) is 5.91 Å². The zero-order valence-electron chi connectivity index (χ0n) is 8.14. The van der Waals surface area contributed by atoms with Crippen molar-refractivity contribution in [2.75, 3.05) is 0 Å². The van der Waals surface area contributed by atoms with Gasteiger partial charge in [0.05, 0.1) is 0 Å². The topological polar surface area (TPSA) is 34.9 Å². The van der Waals surface area contributed by atoms with Gasteiger partial charge in [0, 0.05) is 22.4 Å². The van der Waals surface area contributed by atoms with Crippen molar-refractivity contribution >= 4 is 21.8 Å². The molecule has 3 nitrogen and oxygen atoms in total. The highest BCUT2D eigenvalue weighted by Crippen LogP contribution is 2.13. The van der Waals surface area contributed by atoms with E-state index >= 15 is 0 Å². The molecule has 76 valence electrons. The molecule has 0 amide bonds. The molecule has 0 saturated carbocycles. The van der Waals surface area contributed by atoms with Crippen LogP contribution in [0.2, 0.25) is 0 Å². The number of rotatable bonds is 1. The minimum absolute atomic E-state index is 0.0636. The summed E-state index contributed by atoms with van der Waals surface area (Å²) in [5.74, 6) is 0.631. The maximum absolute atomic E-state index is 12.0. The largest absolute Gasteiger partial charge is 0.270 e. The van der Waals surface area contributed by atoms with Crippen LogP contribution in [0.25, 0.3) is 0 Å². The van der Waals surface area contributed by atoms with Crippen LogP contribution in [0, 0.1) is 6.92 Å². The summed E-state index contributed by atoms with van der Waals surface area (Å²) in [7, 11) is 0. The highest BCUT2D eigenvalue weighted by molar-refractivity contribution is 9.10. The smallest absolute Gasteiger partial charge is 0.263 e. The standard InChI is InChI=1S/C11H9BrN2O/c1-8-13-5-6-14(8)11(15)9-3-2-4-10(12)7-9/h2-7H,1H3. The highest BCUT2D eigenvalue weighted by atomic mass is 79.9. The number of hydrogen-bond acceptors (Lipinski definition) is 2. The molecule has 2 rings (SSSR count). The van der Waals surface area contributed by atoms with Gasteiger partial charge in [-0.05, 0) is 25.1 Å². The molecule has 0 atom stereocenters. The van der Waals surface area contributed by atoms with Gasteiger partial charge in [-0.2, -0.15) is 0 Å². The lowest BCUT2D eigenvalue weighted by Gasteiger charge is -2.03. The van der Waals surface area contributed by atoms with Crippen LogP contribution in [0.5, 0.6) is 0 Å². The second-order valence-corrected chi connectivity index (χ2v) is 4.08. The first-order chi connectivity index (χ1) is 7.18. The Bertz CT molecular complexity index is 505. The predicted molar refractivity (Wildman–Crippen MR) is 60.8 cm³/mol. The molecule has 0 aliphatic carbocycles. The number of nitrogens with zero attached hydrogens (tertiary/aromatic N) is 2. The van der Waals surface area contributed by atoms with E-state index in [1.165, 1.54) is 4.57 Å². The normalized spacial score (nSPS) is 10.3. The Morgan fingerprint density at radius 1 is 1.47 bits per heavy atom. The van der Waals surface area contributed by atoms with E-state index < -0.39 is 0 Å². The molecule has 0 aliphatic heterocycles. The number of halogens is 1. The van der Waals surface area contributed by atoms with Gasteiger partial charge >= 0.3 is 0 Å². The van der Waals surface area contributed by atoms with Gasteiger partial charge < -0.3 is 0 Å². The van der Waals surface area contributed by atoms with Crippen molar-refractivity contribution in [1.29, 1.82) is 0 Å². The summed E-state index contributed by atoms with van der Waals surface area (Å²) >= 11 is 3.34. The number of hydrogen-bond donors (Lipinski definition) is 0. The molecule has 0 aliphatic rings. The van der Waals surface area contributed by atoms with E-state index in [0.717, 1.165) is 4.47 Å². The van der Waals surface area contributed by atoms with Gasteiger partial charge in [-0.1, -0.05) is 22.0 Å². The van der Waals surface area contributed by atoms with Gasteiger partial charge in [0.15, 0.2) is 0 Å². The summed E-state index contributed by atoms with van der Waals surface area (Å²) < 4.78 is 2.42. The lowest BCUT2D eigenvalue weighted by molar-refractivity contribution is 0.0957. The van der Waals surface area contributed by atoms with E-state index in [1.807, 2.05) is 12.1 Å². The Balaban J connectivity index is 2.41. The fourth-order valence-corrected chi connectivity index (χ4v) is 1.75. The van der Waals surface area contributed by atoms with Crippen molar-refractivity contribution in [3.05, 3.63) is 52.5 Å². The average Bonchev–Trinajstić information content (AvgIpc) is 2.63. The molecule has 1 heterocycles. The summed E-state index contributed by atoms with van der Waals surface area (Å²) in [6.45, 7) is 1.80. The maximum Gasteiger partial charge on any atom is 0.263 e. The second kappa shape index (κ2) is 3.98. The Kier molecular flexibility index (Phi) is 2.68. The molecule has 1 aromatic carbocycles. The Morgan fingerprint density at radius 3 is 2.87 bits per heavy atom. The molecule has 0 unspecified atom stereocenters. The van der Waals surface area contributed by atoms with Gasteiger partial charge in [0.2, 0.25) is 0 Å². The van der Waals surface area contributed by atoms with Crippen LogP contribution in [-0.2, 0) is 0 Å². The van der Waals surface area contributed by atoms with Crippen LogP contribution < -0.4 is 0 Å². The van der Waals surface area contributed by atoms with E-state index in [9.17, 15) is 4.79 Å². The van der Waals surface area contributed by atoms with E-state index in [2.05, 4.69) is 20.9 Å². The van der Waals surface area contributed by atoms with Crippen molar-refractivity contribution in [2.24, 2.45) is 0 Å². The summed E-state index contributed by atoms with van der Waals surface area (Å²) in [5.41, 5.74) is 0.644. The third-order valence-corrected chi connectivity index (χ3v) is 2.61. The number of benzene rings is 1. The van der Waals surface area contributed by atoms with Crippen molar-refractivity contribution in [2.45, 2.75) is 6.92 Å². The van der Waals surface area contributed by atoms with Gasteiger partial charge in [-0.3, -0.25) is 9.36 Å². The molecule has 0 N–H and O–H groups in total. The Hall–Kier alpha value is -1.42. The van der Waals surface area contributed by atoms with Crippen LogP contribution in [0.1, 0.15) is 16.2 Å². The average molecular weight is 265 g/mol. The minimum Gasteiger partial charge on any atom is -0.270 e. The quantitative estimate of drug-likeness (QED) is 0.794. The van der Waals surface area contributed by atoms with Crippen LogP contribution >= 0.6 is 15.9 Å². The first-order valence-corrected chi connectivity index (χ1v) is 5.28. The summed E-state index contributed by atoms with van der Waals surface area (Å²) in [6, 6.07) is 7.30. The molecule has 0 radical (unpaired) electrons. The number of aromatic nitrogens is 2. The first-order valence-electron chi connectivity index (χ1n) is 4.49. The number of carbonyl (C=O) groups excluding carboxylic acids is 1. The molecular weight excluding hydrogens is 256 g/mol. The fraction of sp³-hybridized carbons (Fsp3) is 0.0909. The van der Waals surface area contributed by atoms with Crippen molar-refractivity contribution < 1.29 is 4.79 Å². The van der Waals surface area contributed by atoms with Crippen LogP contribution in [0.3, 0.4) is 0 Å². The van der Waals surface area contributed by atoms with Crippen molar-refractivity contribution in [1.82, 2.24) is 9.55 Å². The van der Waals surface area contributed by atoms with Gasteiger partial charge in [0.25, 0.3) is 5.91 Å². The highest BCUT2D eigenvalue weighted by Gasteiger charge is 2.10.